The van der Waals surface area contributed by atoms with Crippen LogP contribution in [0.25, 0.3) is 0 Å². The first-order valence-electron chi connectivity index (χ1n) is 11.2. The van der Waals surface area contributed by atoms with Gasteiger partial charge in [-0.15, -0.1) is 0 Å². The van der Waals surface area contributed by atoms with Crippen molar-refractivity contribution >= 4 is 12.4 Å². The summed E-state index contributed by atoms with van der Waals surface area (Å²) in [6.45, 7) is 10.3. The summed E-state index contributed by atoms with van der Waals surface area (Å²) in [6, 6.07) is 4.19. The SMILES string of the molecule is CCCC[C@@H]1CN(C2CCN(C(=O)c3ccncc3)CC2)C[C@H](C(C)C)O1.O=CO. The second kappa shape index (κ2) is 12.6. The molecule has 2 aliphatic rings. The topological polar surface area (TPSA) is 83.0 Å². The number of morpholine rings is 1. The van der Waals surface area contributed by atoms with Gasteiger partial charge in [0.15, 0.2) is 0 Å². The zero-order chi connectivity index (χ0) is 21.9. The second-order valence-corrected chi connectivity index (χ2v) is 8.50. The van der Waals surface area contributed by atoms with Gasteiger partial charge in [-0.25, -0.2) is 0 Å². The van der Waals surface area contributed by atoms with Crippen LogP contribution in [0.5, 0.6) is 0 Å². The van der Waals surface area contributed by atoms with Gasteiger partial charge in [0.1, 0.15) is 0 Å². The Kier molecular flexibility index (Phi) is 10.2. The second-order valence-electron chi connectivity index (χ2n) is 8.50. The van der Waals surface area contributed by atoms with Gasteiger partial charge >= 0.3 is 0 Å². The molecule has 1 amide bonds. The number of nitrogens with zero attached hydrogens (tertiary/aromatic N) is 3. The first kappa shape index (κ1) is 24.3. The first-order chi connectivity index (χ1) is 14.5. The molecular formula is C23H37N3O4. The van der Waals surface area contributed by atoms with Crippen molar-refractivity contribution < 1.29 is 19.4 Å². The number of likely N-dealkylation sites (tertiary alicyclic amines) is 1. The Hall–Kier alpha value is -1.99. The van der Waals surface area contributed by atoms with Gasteiger partial charge in [0.2, 0.25) is 0 Å². The van der Waals surface area contributed by atoms with Crippen molar-refractivity contribution in [2.24, 2.45) is 5.92 Å². The fraction of sp³-hybridized carbons (Fsp3) is 0.696. The van der Waals surface area contributed by atoms with E-state index in [0.29, 0.717) is 24.2 Å². The summed E-state index contributed by atoms with van der Waals surface area (Å²) in [7, 11) is 0. The lowest BCUT2D eigenvalue weighted by Crippen LogP contribution is -2.55. The lowest BCUT2D eigenvalue weighted by molar-refractivity contribution is -0.122. The number of carbonyl (C=O) groups excluding carboxylic acids is 1. The molecule has 1 aromatic heterocycles. The fourth-order valence-corrected chi connectivity index (χ4v) is 4.27. The monoisotopic (exact) mass is 419 g/mol. The van der Waals surface area contributed by atoms with E-state index in [1.807, 2.05) is 17.0 Å². The van der Waals surface area contributed by atoms with Crippen molar-refractivity contribution in [1.82, 2.24) is 14.8 Å². The van der Waals surface area contributed by atoms with Gasteiger partial charge in [0.05, 0.1) is 12.2 Å². The number of hydrogen-bond donors (Lipinski definition) is 1. The van der Waals surface area contributed by atoms with Crippen LogP contribution in [0.2, 0.25) is 0 Å². The van der Waals surface area contributed by atoms with Gasteiger partial charge in [-0.05, 0) is 37.3 Å². The lowest BCUT2D eigenvalue weighted by atomic mass is 9.96. The Morgan fingerprint density at radius 3 is 2.47 bits per heavy atom. The maximum atomic E-state index is 12.7. The van der Waals surface area contributed by atoms with Crippen molar-refractivity contribution in [1.29, 1.82) is 0 Å². The number of rotatable bonds is 6. The van der Waals surface area contributed by atoms with Gasteiger partial charge in [-0.1, -0.05) is 33.6 Å². The average Bonchev–Trinajstić information content (AvgIpc) is 2.78. The number of ether oxygens (including phenoxy) is 1. The molecule has 0 aromatic carbocycles. The Bertz CT molecular complexity index is 633. The van der Waals surface area contributed by atoms with E-state index in [-0.39, 0.29) is 12.4 Å². The average molecular weight is 420 g/mol. The summed E-state index contributed by atoms with van der Waals surface area (Å²) in [5.74, 6) is 0.684. The highest BCUT2D eigenvalue weighted by Gasteiger charge is 2.35. The number of unbranched alkanes of at least 4 members (excludes halogenated alkanes) is 1. The highest BCUT2D eigenvalue weighted by Crippen LogP contribution is 2.26. The molecule has 7 nitrogen and oxygen atoms in total. The standard InChI is InChI=1S/C22H35N3O2.CH2O2/c1-4-5-6-20-15-25(16-21(27-20)17(2)3)19-9-13-24(14-10-19)22(26)18-7-11-23-12-8-18;2-1-3/h7-8,11-12,17,19-21H,4-6,9-10,13-16H2,1-3H3;1H,(H,2,3)/t20-,21-;/m1./s1. The molecule has 2 aliphatic heterocycles. The van der Waals surface area contributed by atoms with E-state index in [2.05, 4.69) is 30.7 Å². The molecule has 3 heterocycles. The molecule has 0 saturated carbocycles. The summed E-state index contributed by atoms with van der Waals surface area (Å²) in [6.07, 6.45) is 9.82. The number of amides is 1. The van der Waals surface area contributed by atoms with E-state index in [0.717, 1.165) is 51.0 Å². The van der Waals surface area contributed by atoms with Crippen molar-refractivity contribution in [3.05, 3.63) is 30.1 Å². The first-order valence-corrected chi connectivity index (χ1v) is 11.2. The zero-order valence-electron chi connectivity index (χ0n) is 18.6. The van der Waals surface area contributed by atoms with Crippen LogP contribution in [0.1, 0.15) is 63.2 Å². The van der Waals surface area contributed by atoms with Crippen LogP contribution in [-0.4, -0.2) is 76.7 Å². The third-order valence-corrected chi connectivity index (χ3v) is 6.04. The minimum atomic E-state index is -0.250. The maximum Gasteiger partial charge on any atom is 0.290 e. The normalized spacial score (nSPS) is 23.0. The van der Waals surface area contributed by atoms with E-state index < -0.39 is 0 Å². The van der Waals surface area contributed by atoms with Gasteiger partial charge in [0, 0.05) is 50.2 Å². The molecule has 7 heteroatoms. The van der Waals surface area contributed by atoms with Gasteiger partial charge in [-0.3, -0.25) is 19.5 Å². The van der Waals surface area contributed by atoms with Crippen LogP contribution in [0, 0.1) is 5.92 Å². The van der Waals surface area contributed by atoms with Crippen molar-refractivity contribution in [2.45, 2.75) is 71.1 Å². The molecule has 0 unspecified atom stereocenters. The quantitative estimate of drug-likeness (QED) is 0.713. The van der Waals surface area contributed by atoms with Crippen LogP contribution in [0.3, 0.4) is 0 Å². The van der Waals surface area contributed by atoms with Crippen molar-refractivity contribution in [3.8, 4) is 0 Å². The van der Waals surface area contributed by atoms with Gasteiger partial charge in [-0.2, -0.15) is 0 Å². The Labute approximate surface area is 180 Å². The largest absolute Gasteiger partial charge is 0.483 e. The van der Waals surface area contributed by atoms with Crippen LogP contribution in [-0.2, 0) is 9.53 Å². The summed E-state index contributed by atoms with van der Waals surface area (Å²) in [5.41, 5.74) is 0.745. The highest BCUT2D eigenvalue weighted by molar-refractivity contribution is 5.94. The molecule has 168 valence electrons. The fourth-order valence-electron chi connectivity index (χ4n) is 4.27. The predicted molar refractivity (Wildman–Crippen MR) is 116 cm³/mol. The van der Waals surface area contributed by atoms with E-state index in [1.54, 1.807) is 12.4 Å². The molecular weight excluding hydrogens is 382 g/mol. The molecule has 2 saturated heterocycles. The highest BCUT2D eigenvalue weighted by atomic mass is 16.5. The maximum absolute atomic E-state index is 12.7. The Morgan fingerprint density at radius 2 is 1.90 bits per heavy atom. The Morgan fingerprint density at radius 1 is 1.27 bits per heavy atom. The van der Waals surface area contributed by atoms with E-state index in [9.17, 15) is 4.79 Å². The summed E-state index contributed by atoms with van der Waals surface area (Å²) < 4.78 is 6.38. The van der Waals surface area contributed by atoms with Crippen LogP contribution in [0.15, 0.2) is 24.5 Å². The molecule has 0 aliphatic carbocycles. The van der Waals surface area contributed by atoms with Crippen molar-refractivity contribution in [2.75, 3.05) is 26.2 Å². The molecule has 30 heavy (non-hydrogen) atoms. The lowest BCUT2D eigenvalue weighted by Gasteiger charge is -2.46. The van der Waals surface area contributed by atoms with E-state index in [4.69, 9.17) is 14.6 Å². The molecule has 0 spiro atoms. The predicted octanol–water partition coefficient (Wildman–Crippen LogP) is 3.30. The van der Waals surface area contributed by atoms with Gasteiger partial charge in [0.25, 0.3) is 12.4 Å². The number of carboxylic acid groups (broad SMARTS) is 1. The number of hydrogen-bond acceptors (Lipinski definition) is 5. The van der Waals surface area contributed by atoms with E-state index in [1.165, 1.54) is 12.8 Å². The van der Waals surface area contributed by atoms with Crippen LogP contribution < -0.4 is 0 Å². The molecule has 0 bridgehead atoms. The number of aromatic nitrogens is 1. The molecule has 0 radical (unpaired) electrons. The molecule has 3 rings (SSSR count). The van der Waals surface area contributed by atoms with Gasteiger partial charge < -0.3 is 14.7 Å². The smallest absolute Gasteiger partial charge is 0.290 e. The molecule has 1 N–H and O–H groups in total. The third-order valence-electron chi connectivity index (χ3n) is 6.04. The number of piperidine rings is 1. The minimum absolute atomic E-state index is 0.138. The summed E-state index contributed by atoms with van der Waals surface area (Å²) in [4.78, 5) is 29.7. The zero-order valence-corrected chi connectivity index (χ0v) is 18.6. The van der Waals surface area contributed by atoms with E-state index >= 15 is 0 Å². The molecule has 1 aromatic rings. The van der Waals surface area contributed by atoms with Crippen LogP contribution >= 0.6 is 0 Å². The molecule has 2 fully saturated rings. The molecule has 2 atom stereocenters. The van der Waals surface area contributed by atoms with Crippen LogP contribution in [0.4, 0.5) is 0 Å². The summed E-state index contributed by atoms with van der Waals surface area (Å²) in [5, 5.41) is 6.89. The summed E-state index contributed by atoms with van der Waals surface area (Å²) >= 11 is 0. The van der Waals surface area contributed by atoms with Crippen molar-refractivity contribution in [3.63, 3.8) is 0 Å². The number of carbonyl (C=O) groups is 2. The Balaban J connectivity index is 0.00000101. The third kappa shape index (κ3) is 7.06. The minimum Gasteiger partial charge on any atom is -0.483 e. The number of pyridine rings is 1.